The highest BCUT2D eigenvalue weighted by molar-refractivity contribution is 5.79. The molecule has 0 bridgehead atoms. The number of nitrogens with one attached hydrogen (secondary N) is 1. The summed E-state index contributed by atoms with van der Waals surface area (Å²) in [5.41, 5.74) is 0. The van der Waals surface area contributed by atoms with Crippen molar-refractivity contribution in [2.45, 2.75) is 25.0 Å². The molecule has 0 spiro atoms. The fourth-order valence-electron chi connectivity index (χ4n) is 2.70. The summed E-state index contributed by atoms with van der Waals surface area (Å²) in [6, 6.07) is 0. The first-order chi connectivity index (χ1) is 8.26. The minimum atomic E-state index is 0.0191. The number of methoxy groups -OCH3 is 2. The number of likely N-dealkylation sites (tertiary alicyclic amines) is 1. The lowest BCUT2D eigenvalue weighted by Gasteiger charge is -2.26. The summed E-state index contributed by atoms with van der Waals surface area (Å²) in [6.07, 6.45) is 1.94. The van der Waals surface area contributed by atoms with Crippen LogP contribution in [0.15, 0.2) is 0 Å². The molecule has 98 valence electrons. The lowest BCUT2D eigenvalue weighted by molar-refractivity contribution is -0.135. The number of carbonyl (C=O) groups excluding carboxylic acids is 1. The molecule has 0 aromatic heterocycles. The second-order valence-corrected chi connectivity index (χ2v) is 4.82. The summed E-state index contributed by atoms with van der Waals surface area (Å²) in [5.74, 6) is 0.456. The van der Waals surface area contributed by atoms with Crippen molar-refractivity contribution < 1.29 is 14.3 Å². The summed E-state index contributed by atoms with van der Waals surface area (Å²) in [7, 11) is 3.35. The van der Waals surface area contributed by atoms with Gasteiger partial charge in [0.15, 0.2) is 0 Å². The lowest BCUT2D eigenvalue weighted by atomic mass is 9.97. The molecule has 2 unspecified atom stereocenters. The van der Waals surface area contributed by atoms with Crippen molar-refractivity contribution in [3.05, 3.63) is 0 Å². The highest BCUT2D eigenvalue weighted by Crippen LogP contribution is 2.21. The maximum Gasteiger partial charge on any atom is 0.225 e. The van der Waals surface area contributed by atoms with Crippen LogP contribution >= 0.6 is 0 Å². The van der Waals surface area contributed by atoms with Gasteiger partial charge >= 0.3 is 0 Å². The van der Waals surface area contributed by atoms with E-state index in [2.05, 4.69) is 5.32 Å². The predicted octanol–water partition coefficient (Wildman–Crippen LogP) is -0.142. The minimum absolute atomic E-state index is 0.0191. The molecule has 2 heterocycles. The molecule has 2 fully saturated rings. The smallest absolute Gasteiger partial charge is 0.225 e. The molecule has 0 saturated carbocycles. The number of piperidine rings is 1. The summed E-state index contributed by atoms with van der Waals surface area (Å²) in [4.78, 5) is 14.2. The maximum atomic E-state index is 12.3. The Balaban J connectivity index is 1.92. The summed E-state index contributed by atoms with van der Waals surface area (Å²) in [6.45, 7) is 3.23. The Morgan fingerprint density at radius 3 is 2.12 bits per heavy atom. The molecule has 1 N–H and O–H groups in total. The molecular formula is C12H22N2O3. The third-order valence-corrected chi connectivity index (χ3v) is 3.82. The van der Waals surface area contributed by atoms with Crippen LogP contribution in [0.3, 0.4) is 0 Å². The number of ether oxygens (including phenoxy) is 2. The molecular weight excluding hydrogens is 220 g/mol. The van der Waals surface area contributed by atoms with Gasteiger partial charge in [0.05, 0.1) is 0 Å². The maximum absolute atomic E-state index is 12.3. The first kappa shape index (κ1) is 12.8. The van der Waals surface area contributed by atoms with Gasteiger partial charge in [0.1, 0.15) is 12.2 Å². The number of carbonyl (C=O) groups is 1. The van der Waals surface area contributed by atoms with Crippen LogP contribution in [0.4, 0.5) is 0 Å². The van der Waals surface area contributed by atoms with Crippen molar-refractivity contribution in [3.63, 3.8) is 0 Å². The van der Waals surface area contributed by atoms with E-state index in [4.69, 9.17) is 9.47 Å². The van der Waals surface area contributed by atoms with Crippen LogP contribution in [-0.2, 0) is 14.3 Å². The fourth-order valence-corrected chi connectivity index (χ4v) is 2.70. The van der Waals surface area contributed by atoms with E-state index in [1.165, 1.54) is 0 Å². The molecule has 5 nitrogen and oxygen atoms in total. The zero-order valence-corrected chi connectivity index (χ0v) is 10.6. The predicted molar refractivity (Wildman–Crippen MR) is 63.8 cm³/mol. The molecule has 0 aromatic rings. The van der Waals surface area contributed by atoms with E-state index >= 15 is 0 Å². The Bertz CT molecular complexity index is 254. The number of rotatable bonds is 3. The third-order valence-electron chi connectivity index (χ3n) is 3.82. The standard InChI is InChI=1S/C12H22N2O3/c1-16-10-7-14(8-11(10)17-2)12(15)9-3-5-13-6-4-9/h9-11,13H,3-8H2,1-2H3. The topological polar surface area (TPSA) is 50.8 Å². The number of amides is 1. The van der Waals surface area contributed by atoms with Crippen molar-refractivity contribution in [1.29, 1.82) is 0 Å². The van der Waals surface area contributed by atoms with Gasteiger partial charge in [-0.25, -0.2) is 0 Å². The summed E-state index contributed by atoms with van der Waals surface area (Å²) < 4.78 is 10.7. The van der Waals surface area contributed by atoms with Gasteiger partial charge in [0.2, 0.25) is 5.91 Å². The fraction of sp³-hybridized carbons (Fsp3) is 0.917. The van der Waals surface area contributed by atoms with Crippen LogP contribution in [-0.4, -0.2) is 63.4 Å². The largest absolute Gasteiger partial charge is 0.377 e. The van der Waals surface area contributed by atoms with E-state index in [9.17, 15) is 4.79 Å². The second kappa shape index (κ2) is 5.80. The van der Waals surface area contributed by atoms with Crippen LogP contribution in [0.25, 0.3) is 0 Å². The zero-order chi connectivity index (χ0) is 12.3. The number of hydrogen-bond acceptors (Lipinski definition) is 4. The third kappa shape index (κ3) is 2.78. The Morgan fingerprint density at radius 2 is 1.65 bits per heavy atom. The van der Waals surface area contributed by atoms with E-state index < -0.39 is 0 Å². The van der Waals surface area contributed by atoms with Crippen molar-refractivity contribution in [2.24, 2.45) is 5.92 Å². The molecule has 2 aliphatic rings. The van der Waals surface area contributed by atoms with Gasteiger partial charge in [-0.3, -0.25) is 4.79 Å². The van der Waals surface area contributed by atoms with E-state index in [0.29, 0.717) is 13.1 Å². The quantitative estimate of drug-likeness (QED) is 0.748. The zero-order valence-electron chi connectivity index (χ0n) is 10.6. The molecule has 2 atom stereocenters. The van der Waals surface area contributed by atoms with Gasteiger partial charge in [0, 0.05) is 33.2 Å². The SMILES string of the molecule is COC1CN(C(=O)C2CCNCC2)CC1OC. The van der Waals surface area contributed by atoms with Crippen LogP contribution < -0.4 is 5.32 Å². The molecule has 0 aliphatic carbocycles. The van der Waals surface area contributed by atoms with Gasteiger partial charge in [-0.2, -0.15) is 0 Å². The molecule has 2 rings (SSSR count). The first-order valence-electron chi connectivity index (χ1n) is 6.31. The second-order valence-electron chi connectivity index (χ2n) is 4.82. The van der Waals surface area contributed by atoms with Crippen LogP contribution in [0.5, 0.6) is 0 Å². The number of nitrogens with zero attached hydrogens (tertiary/aromatic N) is 1. The van der Waals surface area contributed by atoms with E-state index in [1.807, 2.05) is 4.90 Å². The van der Waals surface area contributed by atoms with Crippen molar-refractivity contribution in [3.8, 4) is 0 Å². The lowest BCUT2D eigenvalue weighted by Crippen LogP contribution is -2.40. The Kier molecular flexibility index (Phi) is 4.36. The molecule has 17 heavy (non-hydrogen) atoms. The average Bonchev–Trinajstić information content (AvgIpc) is 2.82. The Morgan fingerprint density at radius 1 is 1.12 bits per heavy atom. The van der Waals surface area contributed by atoms with E-state index in [-0.39, 0.29) is 24.0 Å². The molecule has 5 heteroatoms. The molecule has 0 radical (unpaired) electrons. The highest BCUT2D eigenvalue weighted by Gasteiger charge is 2.37. The monoisotopic (exact) mass is 242 g/mol. The summed E-state index contributed by atoms with van der Waals surface area (Å²) in [5, 5.41) is 3.28. The van der Waals surface area contributed by atoms with Gasteiger partial charge in [-0.15, -0.1) is 0 Å². The van der Waals surface area contributed by atoms with Gasteiger partial charge in [0.25, 0.3) is 0 Å². The molecule has 2 aliphatic heterocycles. The van der Waals surface area contributed by atoms with Crippen molar-refractivity contribution in [2.75, 3.05) is 40.4 Å². The first-order valence-corrected chi connectivity index (χ1v) is 6.31. The molecule has 0 aromatic carbocycles. The minimum Gasteiger partial charge on any atom is -0.377 e. The van der Waals surface area contributed by atoms with Gasteiger partial charge < -0.3 is 19.7 Å². The van der Waals surface area contributed by atoms with E-state index in [1.54, 1.807) is 14.2 Å². The average molecular weight is 242 g/mol. The van der Waals surface area contributed by atoms with Crippen molar-refractivity contribution in [1.82, 2.24) is 10.2 Å². The van der Waals surface area contributed by atoms with Crippen LogP contribution in [0.1, 0.15) is 12.8 Å². The number of hydrogen-bond donors (Lipinski definition) is 1. The van der Waals surface area contributed by atoms with Crippen LogP contribution in [0, 0.1) is 5.92 Å². The highest BCUT2D eigenvalue weighted by atomic mass is 16.5. The normalized spacial score (nSPS) is 30.8. The Hall–Kier alpha value is -0.650. The molecule has 2 saturated heterocycles. The van der Waals surface area contributed by atoms with Gasteiger partial charge in [-0.05, 0) is 25.9 Å². The Labute approximate surface area is 102 Å². The van der Waals surface area contributed by atoms with Crippen molar-refractivity contribution >= 4 is 5.91 Å². The molecule has 1 amide bonds. The summed E-state index contributed by atoms with van der Waals surface area (Å²) >= 11 is 0. The van der Waals surface area contributed by atoms with E-state index in [0.717, 1.165) is 25.9 Å². The van der Waals surface area contributed by atoms with Gasteiger partial charge in [-0.1, -0.05) is 0 Å². The van der Waals surface area contributed by atoms with Crippen LogP contribution in [0.2, 0.25) is 0 Å².